The van der Waals surface area contributed by atoms with Crippen LogP contribution in [-0.4, -0.2) is 30.6 Å². The molecule has 4 N–H and O–H groups in total. The Morgan fingerprint density at radius 2 is 2.25 bits per heavy atom. The lowest BCUT2D eigenvalue weighted by molar-refractivity contribution is 0.201. The monoisotopic (exact) mass is 285 g/mol. The van der Waals surface area contributed by atoms with E-state index in [-0.39, 0.29) is 5.84 Å². The molecule has 0 saturated heterocycles. The van der Waals surface area contributed by atoms with Crippen LogP contribution in [0.3, 0.4) is 0 Å². The van der Waals surface area contributed by atoms with Gasteiger partial charge in [-0.1, -0.05) is 15.9 Å². The average molecular weight is 286 g/mol. The number of aliphatic hydroxyl groups is 1. The van der Waals surface area contributed by atoms with Gasteiger partial charge in [-0.05, 0) is 25.1 Å². The quantitative estimate of drug-likeness (QED) is 0.581. The van der Waals surface area contributed by atoms with Gasteiger partial charge in [0.05, 0.1) is 6.10 Å². The molecule has 1 unspecified atom stereocenters. The summed E-state index contributed by atoms with van der Waals surface area (Å²) in [5.74, 6) is 0.0277. The highest BCUT2D eigenvalue weighted by atomic mass is 79.9. The summed E-state index contributed by atoms with van der Waals surface area (Å²) in [5.41, 5.74) is 7.02. The van der Waals surface area contributed by atoms with Crippen LogP contribution in [0, 0.1) is 5.41 Å². The van der Waals surface area contributed by atoms with Gasteiger partial charge in [0.25, 0.3) is 0 Å². The van der Waals surface area contributed by atoms with Crippen molar-refractivity contribution in [3.63, 3.8) is 0 Å². The van der Waals surface area contributed by atoms with Gasteiger partial charge in [0, 0.05) is 29.3 Å². The zero-order valence-electron chi connectivity index (χ0n) is 9.37. The van der Waals surface area contributed by atoms with Crippen molar-refractivity contribution in [2.45, 2.75) is 13.0 Å². The second-order valence-corrected chi connectivity index (χ2v) is 4.72. The molecule has 0 bridgehead atoms. The van der Waals surface area contributed by atoms with Crippen LogP contribution in [0.15, 0.2) is 22.7 Å². The Bertz CT molecular complexity index is 393. The first-order valence-electron chi connectivity index (χ1n) is 4.95. The number of benzene rings is 1. The number of hydrogen-bond acceptors (Lipinski definition) is 3. The average Bonchev–Trinajstić information content (AvgIpc) is 2.15. The summed E-state index contributed by atoms with van der Waals surface area (Å²) in [6.07, 6.45) is -0.427. The third-order valence-electron chi connectivity index (χ3n) is 2.20. The standard InChI is InChI=1S/C11H16BrN3O/c1-7(16)6-15(2)10-5-8(12)3-4-9(10)11(13)14/h3-5,7,16H,6H2,1-2H3,(H3,13,14). The molecule has 0 aromatic heterocycles. The fourth-order valence-corrected chi connectivity index (χ4v) is 1.89. The van der Waals surface area contributed by atoms with E-state index < -0.39 is 6.10 Å². The molecule has 0 fully saturated rings. The van der Waals surface area contributed by atoms with Crippen molar-refractivity contribution in [3.05, 3.63) is 28.2 Å². The van der Waals surface area contributed by atoms with Crippen LogP contribution in [0.4, 0.5) is 5.69 Å². The molecule has 0 heterocycles. The summed E-state index contributed by atoms with van der Waals surface area (Å²) in [4.78, 5) is 1.88. The van der Waals surface area contributed by atoms with Crippen LogP contribution in [0.2, 0.25) is 0 Å². The fourth-order valence-electron chi connectivity index (χ4n) is 1.54. The SMILES string of the molecule is CC(O)CN(C)c1cc(Br)ccc1C(=N)N. The van der Waals surface area contributed by atoms with Gasteiger partial charge in [0.2, 0.25) is 0 Å². The Labute approximate surface area is 104 Å². The summed E-state index contributed by atoms with van der Waals surface area (Å²) in [5, 5.41) is 16.8. The Morgan fingerprint density at radius 3 is 2.75 bits per heavy atom. The zero-order valence-corrected chi connectivity index (χ0v) is 11.0. The number of nitrogens with zero attached hydrogens (tertiary/aromatic N) is 1. The van der Waals surface area contributed by atoms with Crippen molar-refractivity contribution in [2.24, 2.45) is 5.73 Å². The maximum absolute atomic E-state index is 9.34. The van der Waals surface area contributed by atoms with Crippen LogP contribution in [0.1, 0.15) is 12.5 Å². The normalized spacial score (nSPS) is 12.2. The lowest BCUT2D eigenvalue weighted by atomic mass is 10.1. The second-order valence-electron chi connectivity index (χ2n) is 3.80. The Balaban J connectivity index is 3.09. The summed E-state index contributed by atoms with van der Waals surface area (Å²) in [7, 11) is 1.86. The van der Waals surface area contributed by atoms with Crippen LogP contribution in [0.5, 0.6) is 0 Å². The highest BCUT2D eigenvalue weighted by molar-refractivity contribution is 9.10. The minimum atomic E-state index is -0.427. The predicted octanol–water partition coefficient (Wildman–Crippen LogP) is 1.55. The van der Waals surface area contributed by atoms with E-state index in [1.165, 1.54) is 0 Å². The van der Waals surface area contributed by atoms with Crippen molar-refractivity contribution in [1.29, 1.82) is 5.41 Å². The second kappa shape index (κ2) is 5.32. The molecule has 1 aromatic carbocycles. The van der Waals surface area contributed by atoms with E-state index in [9.17, 15) is 5.11 Å². The van der Waals surface area contributed by atoms with E-state index >= 15 is 0 Å². The van der Waals surface area contributed by atoms with Crippen molar-refractivity contribution >= 4 is 27.5 Å². The maximum Gasteiger partial charge on any atom is 0.124 e. The lowest BCUT2D eigenvalue weighted by Gasteiger charge is -2.23. The number of halogens is 1. The molecule has 5 heteroatoms. The Hall–Kier alpha value is -1.07. The molecule has 1 rings (SSSR count). The lowest BCUT2D eigenvalue weighted by Crippen LogP contribution is -2.29. The van der Waals surface area contributed by atoms with E-state index in [1.807, 2.05) is 24.1 Å². The van der Waals surface area contributed by atoms with Crippen LogP contribution in [0.25, 0.3) is 0 Å². The molecule has 16 heavy (non-hydrogen) atoms. The first-order valence-corrected chi connectivity index (χ1v) is 5.74. The first kappa shape index (κ1) is 13.0. The molecule has 0 aliphatic heterocycles. The highest BCUT2D eigenvalue weighted by Crippen LogP contribution is 2.24. The molecule has 0 aliphatic rings. The number of hydrogen-bond donors (Lipinski definition) is 3. The molecule has 0 amide bonds. The summed E-state index contributed by atoms with van der Waals surface area (Å²) < 4.78 is 0.921. The fraction of sp³-hybridized carbons (Fsp3) is 0.364. The summed E-state index contributed by atoms with van der Waals surface area (Å²) in [6.45, 7) is 2.22. The smallest absolute Gasteiger partial charge is 0.124 e. The molecule has 0 spiro atoms. The van der Waals surface area contributed by atoms with Gasteiger partial charge in [-0.25, -0.2) is 0 Å². The number of rotatable bonds is 4. The minimum absolute atomic E-state index is 0.0277. The Morgan fingerprint density at radius 1 is 1.62 bits per heavy atom. The maximum atomic E-state index is 9.34. The summed E-state index contributed by atoms with van der Waals surface area (Å²) >= 11 is 3.38. The van der Waals surface area contributed by atoms with Crippen molar-refractivity contribution in [3.8, 4) is 0 Å². The molecule has 0 radical (unpaired) electrons. The van der Waals surface area contributed by atoms with Gasteiger partial charge in [-0.2, -0.15) is 0 Å². The number of amidine groups is 1. The van der Waals surface area contributed by atoms with Gasteiger partial charge < -0.3 is 15.7 Å². The molecular weight excluding hydrogens is 270 g/mol. The molecule has 88 valence electrons. The van der Waals surface area contributed by atoms with E-state index in [4.69, 9.17) is 11.1 Å². The van der Waals surface area contributed by atoms with E-state index in [0.717, 1.165) is 10.2 Å². The van der Waals surface area contributed by atoms with Crippen molar-refractivity contribution in [1.82, 2.24) is 0 Å². The number of likely N-dealkylation sites (N-methyl/N-ethyl adjacent to an activating group) is 1. The van der Waals surface area contributed by atoms with Gasteiger partial charge >= 0.3 is 0 Å². The molecule has 1 aromatic rings. The minimum Gasteiger partial charge on any atom is -0.392 e. The van der Waals surface area contributed by atoms with Crippen molar-refractivity contribution in [2.75, 3.05) is 18.5 Å². The molecule has 4 nitrogen and oxygen atoms in total. The number of anilines is 1. The molecule has 0 aliphatic carbocycles. The summed E-state index contributed by atoms with van der Waals surface area (Å²) in [6, 6.07) is 5.52. The van der Waals surface area contributed by atoms with Gasteiger partial charge in [0.1, 0.15) is 5.84 Å². The molecular formula is C11H16BrN3O. The predicted molar refractivity (Wildman–Crippen MR) is 70.1 cm³/mol. The van der Waals surface area contributed by atoms with Crippen LogP contribution in [-0.2, 0) is 0 Å². The topological polar surface area (TPSA) is 73.3 Å². The first-order chi connectivity index (χ1) is 7.41. The van der Waals surface area contributed by atoms with Crippen molar-refractivity contribution < 1.29 is 5.11 Å². The van der Waals surface area contributed by atoms with E-state index in [0.29, 0.717) is 12.1 Å². The molecule has 1 atom stereocenters. The largest absolute Gasteiger partial charge is 0.392 e. The number of nitrogens with two attached hydrogens (primary N) is 1. The van der Waals surface area contributed by atoms with Crippen LogP contribution < -0.4 is 10.6 Å². The zero-order chi connectivity index (χ0) is 12.3. The highest BCUT2D eigenvalue weighted by Gasteiger charge is 2.11. The molecule has 0 saturated carbocycles. The number of nitrogen functional groups attached to an aromatic ring is 1. The van der Waals surface area contributed by atoms with Crippen LogP contribution >= 0.6 is 15.9 Å². The third-order valence-corrected chi connectivity index (χ3v) is 2.69. The number of aliphatic hydroxyl groups excluding tert-OH is 1. The van der Waals surface area contributed by atoms with Gasteiger partial charge in [-0.3, -0.25) is 5.41 Å². The third kappa shape index (κ3) is 3.21. The van der Waals surface area contributed by atoms with E-state index in [1.54, 1.807) is 13.0 Å². The van der Waals surface area contributed by atoms with Gasteiger partial charge in [-0.15, -0.1) is 0 Å². The Kier molecular flexibility index (Phi) is 4.32. The van der Waals surface area contributed by atoms with Gasteiger partial charge in [0.15, 0.2) is 0 Å². The van der Waals surface area contributed by atoms with E-state index in [2.05, 4.69) is 15.9 Å². The number of nitrogens with one attached hydrogen (secondary N) is 1.